The maximum absolute atomic E-state index is 6.73. The van der Waals surface area contributed by atoms with Crippen LogP contribution in [0, 0.1) is 13.8 Å². The van der Waals surface area contributed by atoms with Crippen molar-refractivity contribution in [2.75, 3.05) is 42.7 Å². The highest BCUT2D eigenvalue weighted by molar-refractivity contribution is 6.10. The minimum atomic E-state index is 0.314. The molecule has 0 saturated carbocycles. The molecule has 0 atom stereocenters. The summed E-state index contributed by atoms with van der Waals surface area (Å²) < 4.78 is 53.5. The summed E-state index contributed by atoms with van der Waals surface area (Å²) in [5, 5.41) is 4.30. The summed E-state index contributed by atoms with van der Waals surface area (Å²) in [5.41, 5.74) is 8.11. The van der Waals surface area contributed by atoms with Gasteiger partial charge >= 0.3 is 0 Å². The van der Waals surface area contributed by atoms with Gasteiger partial charge in [0, 0.05) is 46.1 Å². The molecule has 358 valence electrons. The minimum Gasteiger partial charge on any atom is -0.492 e. The normalized spacial score (nSPS) is 11.3. The molecule has 6 aromatic carbocycles. The van der Waals surface area contributed by atoms with E-state index in [1.807, 2.05) is 73.1 Å². The van der Waals surface area contributed by atoms with Gasteiger partial charge in [-0.3, -0.25) is 19.1 Å². The largest absolute Gasteiger partial charge is 0.492 e. The molecule has 72 heavy (non-hydrogen) atoms. The molecule has 0 radical (unpaired) electrons. The number of nitrogens with zero attached hydrogens (tertiary/aromatic N) is 6. The van der Waals surface area contributed by atoms with Crippen molar-refractivity contribution in [1.82, 2.24) is 29.1 Å². The first-order chi connectivity index (χ1) is 35.2. The third kappa shape index (κ3) is 7.60. The lowest BCUT2D eigenvalue weighted by Crippen LogP contribution is -2.02. The van der Waals surface area contributed by atoms with Gasteiger partial charge in [-0.1, -0.05) is 36.4 Å². The average Bonchev–Trinajstić information content (AvgIpc) is 3.92. The molecule has 0 amide bonds. The smallest absolute Gasteiger partial charge is 0.207 e. The van der Waals surface area contributed by atoms with E-state index in [-0.39, 0.29) is 0 Å². The van der Waals surface area contributed by atoms with E-state index in [1.165, 1.54) is 0 Å². The number of benzene rings is 6. The highest BCUT2D eigenvalue weighted by Crippen LogP contribution is 2.53. The summed E-state index contributed by atoms with van der Waals surface area (Å²) in [5.74, 6) is 5.48. The number of ether oxygens (including phenoxy) is 8. The molecule has 0 unspecified atom stereocenters. The van der Waals surface area contributed by atoms with Gasteiger partial charge in [-0.05, 0) is 97.8 Å². The Morgan fingerprint density at radius 3 is 1.12 bits per heavy atom. The van der Waals surface area contributed by atoms with Crippen molar-refractivity contribution in [3.8, 4) is 91.6 Å². The van der Waals surface area contributed by atoms with E-state index in [0.717, 1.165) is 66.4 Å². The van der Waals surface area contributed by atoms with Crippen LogP contribution in [0.25, 0.3) is 77.8 Å². The SMILES string of the molecule is COc1c(Oc2ccc3c4ccccc4n(-c4cc(C)ccn4)c3c2)cc(-c2cnc(-c3cc(Oc4ccc5c6ccccc6n(-c6cc(C)ccn6)c5c4)c(OC)c(OC)c3OC)cn2)c(OC)c1OC. The van der Waals surface area contributed by atoms with Crippen LogP contribution in [0.2, 0.25) is 0 Å². The van der Waals surface area contributed by atoms with Crippen LogP contribution in [0.5, 0.6) is 57.5 Å². The molecule has 5 aromatic heterocycles. The quantitative estimate of drug-likeness (QED) is 0.103. The topological polar surface area (TPSA) is 135 Å². The summed E-state index contributed by atoms with van der Waals surface area (Å²) in [6.07, 6.45) is 6.93. The molecule has 14 nitrogen and oxygen atoms in total. The molecular weight excluding hydrogens is 909 g/mol. The molecule has 0 saturated heterocycles. The number of pyridine rings is 2. The second-order valence-corrected chi connectivity index (χ2v) is 17.0. The Balaban J connectivity index is 0.980. The molecule has 0 fully saturated rings. The molecule has 14 heteroatoms. The number of methoxy groups -OCH3 is 6. The number of hydrogen-bond donors (Lipinski definition) is 0. The van der Waals surface area contributed by atoms with Crippen LogP contribution in [0.3, 0.4) is 0 Å². The van der Waals surface area contributed by atoms with Gasteiger partial charge < -0.3 is 37.9 Å². The zero-order valence-electron chi connectivity index (χ0n) is 40.8. The second kappa shape index (κ2) is 18.6. The Morgan fingerprint density at radius 1 is 0.361 bits per heavy atom. The lowest BCUT2D eigenvalue weighted by molar-refractivity contribution is 0.313. The summed E-state index contributed by atoms with van der Waals surface area (Å²) in [6, 6.07) is 40.2. The van der Waals surface area contributed by atoms with Crippen molar-refractivity contribution in [3.05, 3.63) is 157 Å². The first kappa shape index (κ1) is 45.2. The summed E-state index contributed by atoms with van der Waals surface area (Å²) in [4.78, 5) is 19.4. The number of aryl methyl sites for hydroxylation is 2. The van der Waals surface area contributed by atoms with E-state index in [9.17, 15) is 0 Å². The van der Waals surface area contributed by atoms with E-state index in [4.69, 9.17) is 57.8 Å². The fourth-order valence-corrected chi connectivity index (χ4v) is 9.56. The second-order valence-electron chi connectivity index (χ2n) is 17.0. The Hall–Kier alpha value is -9.30. The molecule has 0 aliphatic carbocycles. The Labute approximate surface area is 414 Å². The predicted octanol–water partition coefficient (Wildman–Crippen LogP) is 13.0. The zero-order valence-corrected chi connectivity index (χ0v) is 40.8. The van der Waals surface area contributed by atoms with Crippen molar-refractivity contribution in [2.45, 2.75) is 13.8 Å². The van der Waals surface area contributed by atoms with Gasteiger partial charge in [-0.2, -0.15) is 0 Å². The lowest BCUT2D eigenvalue weighted by Gasteiger charge is -2.20. The van der Waals surface area contributed by atoms with Crippen molar-refractivity contribution in [3.63, 3.8) is 0 Å². The third-order valence-electron chi connectivity index (χ3n) is 12.7. The van der Waals surface area contributed by atoms with Crippen LogP contribution in [-0.2, 0) is 0 Å². The Kier molecular flexibility index (Phi) is 11.6. The van der Waals surface area contributed by atoms with Crippen LogP contribution in [-0.4, -0.2) is 71.7 Å². The summed E-state index contributed by atoms with van der Waals surface area (Å²) >= 11 is 0. The zero-order chi connectivity index (χ0) is 49.6. The third-order valence-corrected chi connectivity index (χ3v) is 12.7. The monoisotopic (exact) mass is 956 g/mol. The summed E-state index contributed by atoms with van der Waals surface area (Å²) in [6.45, 7) is 4.11. The highest BCUT2D eigenvalue weighted by atomic mass is 16.6. The first-order valence-corrected chi connectivity index (χ1v) is 23.0. The van der Waals surface area contributed by atoms with Gasteiger partial charge in [0.2, 0.25) is 23.0 Å². The average molecular weight is 957 g/mol. The molecule has 0 aliphatic rings. The fourth-order valence-electron chi connectivity index (χ4n) is 9.56. The van der Waals surface area contributed by atoms with Gasteiger partial charge in [0.15, 0.2) is 23.0 Å². The minimum absolute atomic E-state index is 0.314. The molecule has 11 aromatic rings. The number of aromatic nitrogens is 6. The lowest BCUT2D eigenvalue weighted by atomic mass is 10.1. The maximum Gasteiger partial charge on any atom is 0.207 e. The number of fused-ring (bicyclic) bond motifs is 6. The van der Waals surface area contributed by atoms with Crippen LogP contribution < -0.4 is 37.9 Å². The molecule has 11 rings (SSSR count). The first-order valence-electron chi connectivity index (χ1n) is 23.0. The van der Waals surface area contributed by atoms with Crippen molar-refractivity contribution in [1.29, 1.82) is 0 Å². The Bertz CT molecular complexity index is 3630. The number of rotatable bonds is 14. The predicted molar refractivity (Wildman–Crippen MR) is 279 cm³/mol. The standard InChI is InChI=1S/C58H48N6O8/c1-33-21-23-59-51(25-33)63-45-15-11-9-13-37(45)39-19-17-35(27-47(39)63)71-49-29-41(53(65-3)57(69-7)55(49)67-5)43-31-62-44(32-61-43)42-30-50(56(68-6)58(70-8)54(42)66-4)72-36-18-20-40-38-14-10-12-16-46(38)64(48(40)28-36)52-26-34(2)22-24-60-52/h9-32H,1-8H3. The Morgan fingerprint density at radius 2 is 0.750 bits per heavy atom. The van der Waals surface area contributed by atoms with E-state index in [2.05, 4.69) is 71.5 Å². The highest BCUT2D eigenvalue weighted by Gasteiger charge is 2.28. The van der Waals surface area contributed by atoms with Crippen LogP contribution in [0.4, 0.5) is 0 Å². The van der Waals surface area contributed by atoms with Gasteiger partial charge in [0.1, 0.15) is 23.1 Å². The van der Waals surface area contributed by atoms with Crippen LogP contribution >= 0.6 is 0 Å². The van der Waals surface area contributed by atoms with Gasteiger partial charge in [-0.15, -0.1) is 0 Å². The molecule has 0 spiro atoms. The van der Waals surface area contributed by atoms with Gasteiger partial charge in [0.05, 0.1) is 99.6 Å². The van der Waals surface area contributed by atoms with Crippen LogP contribution in [0.15, 0.2) is 146 Å². The van der Waals surface area contributed by atoms with E-state index < -0.39 is 0 Å². The molecule has 0 aliphatic heterocycles. The summed E-state index contributed by atoms with van der Waals surface area (Å²) in [7, 11) is 9.31. The van der Waals surface area contributed by atoms with E-state index >= 15 is 0 Å². The fraction of sp³-hybridized carbons (Fsp3) is 0.138. The molecule has 0 bridgehead atoms. The molecular formula is C58H48N6O8. The van der Waals surface area contributed by atoms with Gasteiger partial charge in [0.25, 0.3) is 0 Å². The van der Waals surface area contributed by atoms with Crippen molar-refractivity contribution >= 4 is 43.6 Å². The molecule has 0 N–H and O–H groups in total. The number of hydrogen-bond acceptors (Lipinski definition) is 12. The maximum atomic E-state index is 6.73. The molecule has 5 heterocycles. The van der Waals surface area contributed by atoms with Crippen molar-refractivity contribution in [2.24, 2.45) is 0 Å². The van der Waals surface area contributed by atoms with Crippen molar-refractivity contribution < 1.29 is 37.9 Å². The number of para-hydroxylation sites is 2. The van der Waals surface area contributed by atoms with Gasteiger partial charge in [-0.25, -0.2) is 9.97 Å². The van der Waals surface area contributed by atoms with E-state index in [1.54, 1.807) is 67.2 Å². The van der Waals surface area contributed by atoms with Crippen LogP contribution in [0.1, 0.15) is 11.1 Å². The van der Waals surface area contributed by atoms with E-state index in [0.29, 0.717) is 80.0 Å².